The van der Waals surface area contributed by atoms with Crippen LogP contribution in [0.25, 0.3) is 0 Å². The number of carbonyl (C=O) groups is 1. The quantitative estimate of drug-likeness (QED) is 0.829. The normalized spacial score (nSPS) is 10.3. The first-order valence-corrected chi connectivity index (χ1v) is 7.46. The van der Waals surface area contributed by atoms with Crippen LogP contribution >= 0.6 is 27.5 Å². The molecule has 20 heavy (non-hydrogen) atoms. The Bertz CT molecular complexity index is 590. The molecule has 1 aromatic carbocycles. The smallest absolute Gasteiger partial charge is 0.252 e. The first kappa shape index (κ1) is 15.0. The van der Waals surface area contributed by atoms with Crippen LogP contribution < -0.4 is 5.32 Å². The fraction of sp³-hybridized carbons (Fsp3) is 0.200. The van der Waals surface area contributed by atoms with E-state index in [0.717, 1.165) is 17.3 Å². The summed E-state index contributed by atoms with van der Waals surface area (Å²) in [6, 6.07) is 9.17. The van der Waals surface area contributed by atoms with E-state index in [1.165, 1.54) is 5.56 Å². The highest BCUT2D eigenvalue weighted by atomic mass is 79.9. The molecule has 0 bridgehead atoms. The van der Waals surface area contributed by atoms with E-state index in [-0.39, 0.29) is 5.91 Å². The number of aromatic nitrogens is 1. The summed E-state index contributed by atoms with van der Waals surface area (Å²) < 4.78 is 0.836. The highest BCUT2D eigenvalue weighted by Gasteiger charge is 2.09. The van der Waals surface area contributed by atoms with Crippen molar-refractivity contribution in [3.05, 3.63) is 63.3 Å². The molecular weight excluding hydrogens is 340 g/mol. The van der Waals surface area contributed by atoms with E-state index in [1.807, 2.05) is 24.4 Å². The third-order valence-corrected chi connectivity index (χ3v) is 3.65. The van der Waals surface area contributed by atoms with Gasteiger partial charge in [0.25, 0.3) is 5.91 Å². The number of nitrogens with one attached hydrogen (secondary N) is 1. The Morgan fingerprint density at radius 2 is 2.20 bits per heavy atom. The average molecular weight is 354 g/mol. The molecule has 1 amide bonds. The van der Waals surface area contributed by atoms with Crippen molar-refractivity contribution >= 4 is 33.4 Å². The first-order chi connectivity index (χ1) is 9.66. The lowest BCUT2D eigenvalue weighted by Gasteiger charge is -2.07. The van der Waals surface area contributed by atoms with Crippen molar-refractivity contribution in [1.29, 1.82) is 0 Å². The lowest BCUT2D eigenvalue weighted by Crippen LogP contribution is -2.25. The Morgan fingerprint density at radius 1 is 1.35 bits per heavy atom. The van der Waals surface area contributed by atoms with Crippen LogP contribution in [0.15, 0.2) is 47.2 Å². The van der Waals surface area contributed by atoms with Crippen LogP contribution in [0.4, 0.5) is 0 Å². The summed E-state index contributed by atoms with van der Waals surface area (Å²) >= 11 is 9.34. The molecule has 0 spiro atoms. The predicted molar refractivity (Wildman–Crippen MR) is 84.0 cm³/mol. The van der Waals surface area contributed by atoms with Crippen LogP contribution in [0.3, 0.4) is 0 Å². The number of carbonyl (C=O) groups excluding carboxylic acids is 1. The molecular formula is C15H14BrClN2O. The van der Waals surface area contributed by atoms with Crippen LogP contribution in [0.5, 0.6) is 0 Å². The third kappa shape index (κ3) is 4.32. The maximum absolute atomic E-state index is 12.0. The molecule has 2 rings (SSSR count). The van der Waals surface area contributed by atoms with Gasteiger partial charge in [0.1, 0.15) is 0 Å². The van der Waals surface area contributed by atoms with E-state index < -0.39 is 0 Å². The van der Waals surface area contributed by atoms with E-state index in [0.29, 0.717) is 17.1 Å². The van der Waals surface area contributed by atoms with E-state index in [2.05, 4.69) is 26.2 Å². The van der Waals surface area contributed by atoms with E-state index >= 15 is 0 Å². The van der Waals surface area contributed by atoms with Crippen molar-refractivity contribution in [2.75, 3.05) is 6.54 Å². The molecule has 1 aromatic heterocycles. The lowest BCUT2D eigenvalue weighted by atomic mass is 10.1. The van der Waals surface area contributed by atoms with Gasteiger partial charge < -0.3 is 5.32 Å². The van der Waals surface area contributed by atoms with Gasteiger partial charge in [0.2, 0.25) is 0 Å². The first-order valence-electron chi connectivity index (χ1n) is 6.29. The second kappa shape index (κ2) is 7.41. The summed E-state index contributed by atoms with van der Waals surface area (Å²) in [5.74, 6) is -0.150. The van der Waals surface area contributed by atoms with Crippen LogP contribution in [0.2, 0.25) is 5.02 Å². The monoisotopic (exact) mass is 352 g/mol. The Morgan fingerprint density at radius 3 is 2.95 bits per heavy atom. The summed E-state index contributed by atoms with van der Waals surface area (Å²) in [7, 11) is 0. The van der Waals surface area contributed by atoms with Gasteiger partial charge in [0.05, 0.1) is 10.6 Å². The van der Waals surface area contributed by atoms with Gasteiger partial charge in [-0.1, -0.05) is 33.6 Å². The molecule has 0 fully saturated rings. The number of halogens is 2. The maximum atomic E-state index is 12.0. The number of nitrogens with zero attached hydrogens (tertiary/aromatic N) is 1. The molecule has 3 nitrogen and oxygen atoms in total. The van der Waals surface area contributed by atoms with E-state index in [4.69, 9.17) is 11.6 Å². The zero-order valence-corrected chi connectivity index (χ0v) is 13.1. The van der Waals surface area contributed by atoms with Gasteiger partial charge in [-0.05, 0) is 42.7 Å². The van der Waals surface area contributed by atoms with Gasteiger partial charge in [0.15, 0.2) is 0 Å². The number of aryl methyl sites for hydroxylation is 1. The molecule has 0 radical (unpaired) electrons. The molecule has 0 aliphatic heterocycles. The number of benzene rings is 1. The molecule has 5 heteroatoms. The molecule has 2 aromatic rings. The summed E-state index contributed by atoms with van der Waals surface area (Å²) in [5.41, 5.74) is 1.66. The molecule has 0 saturated heterocycles. The predicted octanol–water partition coefficient (Wildman–Crippen LogP) is 3.86. The molecule has 0 unspecified atom stereocenters. The Labute approximate surface area is 131 Å². The average Bonchev–Trinajstić information content (AvgIpc) is 2.47. The van der Waals surface area contributed by atoms with Crippen LogP contribution in [0.1, 0.15) is 22.3 Å². The number of hydrogen-bond donors (Lipinski definition) is 1. The Hall–Kier alpha value is -1.39. The van der Waals surface area contributed by atoms with Crippen molar-refractivity contribution in [2.45, 2.75) is 12.8 Å². The minimum Gasteiger partial charge on any atom is -0.352 e. The number of rotatable bonds is 5. The highest BCUT2D eigenvalue weighted by Crippen LogP contribution is 2.20. The topological polar surface area (TPSA) is 42.0 Å². The highest BCUT2D eigenvalue weighted by molar-refractivity contribution is 9.10. The summed E-state index contributed by atoms with van der Waals surface area (Å²) in [6.45, 7) is 0.608. The minimum atomic E-state index is -0.150. The van der Waals surface area contributed by atoms with Gasteiger partial charge in [-0.25, -0.2) is 0 Å². The fourth-order valence-electron chi connectivity index (χ4n) is 1.81. The van der Waals surface area contributed by atoms with Gasteiger partial charge in [-0.2, -0.15) is 0 Å². The number of amides is 1. The van der Waals surface area contributed by atoms with Crippen molar-refractivity contribution in [3.8, 4) is 0 Å². The van der Waals surface area contributed by atoms with Gasteiger partial charge in [-0.15, -0.1) is 0 Å². The molecule has 0 atom stereocenters. The molecule has 1 heterocycles. The van der Waals surface area contributed by atoms with E-state index in [9.17, 15) is 4.79 Å². The standard InChI is InChI=1S/C15H14BrClN2O/c16-12-5-6-14(17)13(9-12)15(20)19-8-2-4-11-3-1-7-18-10-11/h1,3,5-7,9-10H,2,4,8H2,(H,19,20). The van der Waals surface area contributed by atoms with Crippen molar-refractivity contribution in [1.82, 2.24) is 10.3 Å². The molecule has 0 aliphatic rings. The zero-order valence-electron chi connectivity index (χ0n) is 10.8. The van der Waals surface area contributed by atoms with Crippen LogP contribution in [0, 0.1) is 0 Å². The molecule has 0 saturated carbocycles. The summed E-state index contributed by atoms with van der Waals surface area (Å²) in [5, 5.41) is 3.33. The largest absolute Gasteiger partial charge is 0.352 e. The minimum absolute atomic E-state index is 0.150. The summed E-state index contributed by atoms with van der Waals surface area (Å²) in [4.78, 5) is 16.1. The second-order valence-electron chi connectivity index (χ2n) is 4.34. The zero-order chi connectivity index (χ0) is 14.4. The molecule has 1 N–H and O–H groups in total. The second-order valence-corrected chi connectivity index (χ2v) is 5.67. The Balaban J connectivity index is 1.82. The van der Waals surface area contributed by atoms with Gasteiger partial charge in [-0.3, -0.25) is 9.78 Å². The van der Waals surface area contributed by atoms with Crippen LogP contribution in [-0.2, 0) is 6.42 Å². The van der Waals surface area contributed by atoms with Crippen molar-refractivity contribution in [2.24, 2.45) is 0 Å². The van der Waals surface area contributed by atoms with Crippen molar-refractivity contribution < 1.29 is 4.79 Å². The molecule has 0 aliphatic carbocycles. The summed E-state index contributed by atoms with van der Waals surface area (Å²) in [6.07, 6.45) is 5.34. The number of pyridine rings is 1. The number of hydrogen-bond acceptors (Lipinski definition) is 2. The maximum Gasteiger partial charge on any atom is 0.252 e. The van der Waals surface area contributed by atoms with E-state index in [1.54, 1.807) is 18.3 Å². The van der Waals surface area contributed by atoms with Crippen molar-refractivity contribution in [3.63, 3.8) is 0 Å². The third-order valence-electron chi connectivity index (χ3n) is 2.82. The molecule has 104 valence electrons. The fourth-order valence-corrected chi connectivity index (χ4v) is 2.37. The van der Waals surface area contributed by atoms with Crippen LogP contribution in [-0.4, -0.2) is 17.4 Å². The SMILES string of the molecule is O=C(NCCCc1cccnc1)c1cc(Br)ccc1Cl. The van der Waals surface area contributed by atoms with Gasteiger partial charge >= 0.3 is 0 Å². The lowest BCUT2D eigenvalue weighted by molar-refractivity contribution is 0.0953. The van der Waals surface area contributed by atoms with Gasteiger partial charge in [0, 0.05) is 23.4 Å². The Kier molecular flexibility index (Phi) is 5.56.